The van der Waals surface area contributed by atoms with Gasteiger partial charge in [0.15, 0.2) is 0 Å². The van der Waals surface area contributed by atoms with Crippen molar-refractivity contribution in [3.05, 3.63) is 35.9 Å². The molecule has 3 atom stereocenters. The van der Waals surface area contributed by atoms with Gasteiger partial charge in [-0.2, -0.15) is 0 Å². The summed E-state index contributed by atoms with van der Waals surface area (Å²) in [6.07, 6.45) is 0.0709. The molecule has 0 aromatic heterocycles. The molecule has 1 aromatic rings. The van der Waals surface area contributed by atoms with Crippen LogP contribution in [0.5, 0.6) is 0 Å². The molecule has 2 N–H and O–H groups in total. The van der Waals surface area contributed by atoms with E-state index >= 15 is 0 Å². The molecule has 0 saturated heterocycles. The minimum absolute atomic E-state index is 0.229. The Bertz CT molecular complexity index is 365. The fourth-order valence-corrected chi connectivity index (χ4v) is 1.48. The van der Waals surface area contributed by atoms with Crippen molar-refractivity contribution in [2.45, 2.75) is 18.1 Å². The zero-order chi connectivity index (χ0) is 13.4. The average molecular weight is 251 g/mol. The molecule has 0 fully saturated rings. The number of rotatable bonds is 8. The summed E-state index contributed by atoms with van der Waals surface area (Å²) in [5.41, 5.74) is 0.638. The van der Waals surface area contributed by atoms with Gasteiger partial charge in [0.25, 0.3) is 0 Å². The van der Waals surface area contributed by atoms with E-state index in [1.165, 1.54) is 0 Å². The van der Waals surface area contributed by atoms with Crippen LogP contribution in [0.25, 0.3) is 0 Å². The number of hydrogen-bond donors (Lipinski definition) is 2. The van der Waals surface area contributed by atoms with Crippen LogP contribution in [-0.4, -0.2) is 48.2 Å². The molecule has 3 unspecified atom stereocenters. The average Bonchev–Trinajstić information content (AvgIpc) is 2.43. The molecule has 0 bridgehead atoms. The molecule has 1 rings (SSSR count). The van der Waals surface area contributed by atoms with Gasteiger partial charge in [-0.1, -0.05) is 30.3 Å². The van der Waals surface area contributed by atoms with E-state index in [4.69, 9.17) is 14.9 Å². The van der Waals surface area contributed by atoms with Crippen LogP contribution in [-0.2, 0) is 14.3 Å². The number of aliphatic hydroxyl groups is 2. The van der Waals surface area contributed by atoms with Crippen molar-refractivity contribution in [3.63, 3.8) is 0 Å². The van der Waals surface area contributed by atoms with Crippen molar-refractivity contribution in [2.24, 2.45) is 0 Å². The highest BCUT2D eigenvalue weighted by atomic mass is 16.5. The van der Waals surface area contributed by atoms with E-state index < -0.39 is 24.7 Å². The number of hydrogen-bond acceptors (Lipinski definition) is 5. The number of aldehydes is 1. The number of ether oxygens (including phenoxy) is 1. The molecule has 0 aliphatic rings. The zero-order valence-electron chi connectivity index (χ0n) is 9.73. The maximum atomic E-state index is 11.0. The van der Waals surface area contributed by atoms with E-state index in [-0.39, 0.29) is 6.61 Å². The van der Waals surface area contributed by atoms with Crippen LogP contribution in [0.1, 0.15) is 11.5 Å². The molecule has 0 spiro atoms. The predicted molar refractivity (Wildman–Crippen MR) is 63.8 cm³/mol. The lowest BCUT2D eigenvalue weighted by Gasteiger charge is -2.19. The van der Waals surface area contributed by atoms with Crippen LogP contribution >= 0.6 is 0 Å². The highest BCUT2D eigenvalue weighted by molar-refractivity contribution is 5.72. The molecule has 5 heteroatoms. The lowest BCUT2D eigenvalue weighted by molar-refractivity contribution is -0.112. The minimum Gasteiger partial charge on any atom is -0.394 e. The Morgan fingerprint density at radius 3 is 2.50 bits per heavy atom. The van der Waals surface area contributed by atoms with Crippen LogP contribution in [0.3, 0.4) is 0 Å². The van der Waals surface area contributed by atoms with Crippen molar-refractivity contribution in [2.75, 3.05) is 13.2 Å². The first kappa shape index (κ1) is 14.5. The van der Waals surface area contributed by atoms with Gasteiger partial charge < -0.3 is 19.7 Å². The molecular weight excluding hydrogens is 236 g/mol. The second-order valence-corrected chi connectivity index (χ2v) is 3.78. The van der Waals surface area contributed by atoms with E-state index in [9.17, 15) is 9.59 Å². The fourth-order valence-electron chi connectivity index (χ4n) is 1.48. The summed E-state index contributed by atoms with van der Waals surface area (Å²) < 4.78 is 5.09. The van der Waals surface area contributed by atoms with Crippen LogP contribution in [0.15, 0.2) is 30.3 Å². The molecule has 1 radical (unpaired) electrons. The number of benzene rings is 1. The smallest absolute Gasteiger partial charge is 0.230 e. The molecule has 0 amide bonds. The number of carbonyl (C=O) groups is 1. The van der Waals surface area contributed by atoms with Crippen LogP contribution < -0.4 is 0 Å². The maximum Gasteiger partial charge on any atom is 0.230 e. The Morgan fingerprint density at radius 2 is 2.00 bits per heavy atom. The summed E-state index contributed by atoms with van der Waals surface area (Å²) >= 11 is 0. The first-order valence-corrected chi connectivity index (χ1v) is 5.51. The topological polar surface area (TPSA) is 83.8 Å². The van der Waals surface area contributed by atoms with E-state index in [2.05, 4.69) is 0 Å². The molecule has 97 valence electrons. The molecule has 1 aromatic carbocycles. The maximum absolute atomic E-state index is 11.0. The molecule has 0 aliphatic heterocycles. The van der Waals surface area contributed by atoms with E-state index in [1.807, 2.05) is 0 Å². The summed E-state index contributed by atoms with van der Waals surface area (Å²) in [7, 11) is 0. The Balaban J connectivity index is 2.72. The van der Waals surface area contributed by atoms with Crippen molar-refractivity contribution in [1.29, 1.82) is 0 Å². The molecule has 0 aliphatic carbocycles. The lowest BCUT2D eigenvalue weighted by Crippen LogP contribution is -2.30. The molecular formula is C13H15O5. The van der Waals surface area contributed by atoms with Gasteiger partial charge in [0.1, 0.15) is 18.5 Å². The highest BCUT2D eigenvalue weighted by Gasteiger charge is 2.24. The van der Waals surface area contributed by atoms with Gasteiger partial charge in [0.05, 0.1) is 19.1 Å². The van der Waals surface area contributed by atoms with Crippen molar-refractivity contribution < 1.29 is 24.5 Å². The summed E-state index contributed by atoms with van der Waals surface area (Å²) in [5, 5.41) is 17.8. The molecule has 0 saturated carbocycles. The molecule has 0 heterocycles. The molecule has 5 nitrogen and oxygen atoms in total. The largest absolute Gasteiger partial charge is 0.394 e. The first-order valence-electron chi connectivity index (χ1n) is 5.51. The third-order valence-electron chi connectivity index (χ3n) is 2.45. The normalized spacial score (nSPS) is 15.7. The van der Waals surface area contributed by atoms with Gasteiger partial charge in [-0.25, -0.2) is 0 Å². The quantitative estimate of drug-likeness (QED) is 0.626. The fraction of sp³-hybridized carbons (Fsp3) is 0.385. The predicted octanol–water partition coefficient (Wildman–Crippen LogP) is -0.183. The Labute approximate surface area is 105 Å². The summed E-state index contributed by atoms with van der Waals surface area (Å²) in [6.45, 7) is -0.698. The lowest BCUT2D eigenvalue weighted by atomic mass is 9.95. The van der Waals surface area contributed by atoms with Crippen LogP contribution in [0.2, 0.25) is 0 Å². The van der Waals surface area contributed by atoms with Gasteiger partial charge in [0.2, 0.25) is 6.29 Å². The van der Waals surface area contributed by atoms with Crippen LogP contribution in [0.4, 0.5) is 0 Å². The first-order chi connectivity index (χ1) is 8.72. The number of aliphatic hydroxyl groups excluding tert-OH is 2. The third-order valence-corrected chi connectivity index (χ3v) is 2.45. The standard InChI is InChI=1S/C13H15O5/c14-6-11(17)9-18-13(8-16)12(7-15)10-4-2-1-3-5-10/h1-5,7,11-14,17H,6,9H2. The SMILES string of the molecule is O=[C]C(OCC(O)CO)C(C=O)c1ccccc1. The third kappa shape index (κ3) is 4.03. The van der Waals surface area contributed by atoms with Gasteiger partial charge in [0, 0.05) is 0 Å². The van der Waals surface area contributed by atoms with Gasteiger partial charge in [-0.05, 0) is 5.56 Å². The summed E-state index contributed by atoms with van der Waals surface area (Å²) in [4.78, 5) is 21.9. The minimum atomic E-state index is -1.09. The van der Waals surface area contributed by atoms with Gasteiger partial charge in [-0.15, -0.1) is 0 Å². The summed E-state index contributed by atoms with van der Waals surface area (Å²) in [6, 6.07) is 8.69. The molecule has 18 heavy (non-hydrogen) atoms. The Hall–Kier alpha value is -1.56. The van der Waals surface area contributed by atoms with Gasteiger partial charge in [-0.3, -0.25) is 4.79 Å². The zero-order valence-corrected chi connectivity index (χ0v) is 9.73. The number of carbonyl (C=O) groups excluding carboxylic acids is 2. The summed E-state index contributed by atoms with van der Waals surface area (Å²) in [5.74, 6) is -0.769. The Morgan fingerprint density at radius 1 is 1.33 bits per heavy atom. The second-order valence-electron chi connectivity index (χ2n) is 3.78. The van der Waals surface area contributed by atoms with Gasteiger partial charge >= 0.3 is 0 Å². The Kier molecular flexibility index (Phi) is 6.21. The monoisotopic (exact) mass is 251 g/mol. The van der Waals surface area contributed by atoms with Crippen molar-refractivity contribution >= 4 is 12.6 Å². The van der Waals surface area contributed by atoms with Crippen molar-refractivity contribution in [3.8, 4) is 0 Å². The van der Waals surface area contributed by atoms with Crippen LogP contribution in [0, 0.1) is 0 Å². The second kappa shape index (κ2) is 7.71. The van der Waals surface area contributed by atoms with E-state index in [0.29, 0.717) is 11.8 Å². The van der Waals surface area contributed by atoms with Crippen molar-refractivity contribution in [1.82, 2.24) is 0 Å². The van der Waals surface area contributed by atoms with E-state index in [0.717, 1.165) is 0 Å². The highest BCUT2D eigenvalue weighted by Crippen LogP contribution is 2.18. The van der Waals surface area contributed by atoms with E-state index in [1.54, 1.807) is 36.6 Å².